The molecule has 10 heteroatoms. The maximum absolute atomic E-state index is 6.91. The van der Waals surface area contributed by atoms with Crippen molar-refractivity contribution in [1.82, 2.24) is 0 Å². The molecule has 4 aromatic carbocycles. The van der Waals surface area contributed by atoms with Crippen LogP contribution in [0.15, 0.2) is 60.9 Å². The van der Waals surface area contributed by atoms with Crippen LogP contribution in [-0.4, -0.2) is 64.0 Å². The smallest absolute Gasteiger partial charge is 0.492 e. The summed E-state index contributed by atoms with van der Waals surface area (Å²) in [6.45, 7) is 20.5. The molecule has 0 saturated carbocycles. The molecule has 0 heterocycles. The molecule has 4 aromatic rings. The lowest BCUT2D eigenvalue weighted by Crippen LogP contribution is -2.45. The van der Waals surface area contributed by atoms with Crippen LogP contribution in [0.2, 0.25) is 6.04 Å². The average Bonchev–Trinajstić information content (AvgIpc) is 3.38. The fourth-order valence-corrected chi connectivity index (χ4v) is 18.2. The first-order valence-corrected chi connectivity index (χ1v) is 36.5. The lowest BCUT2D eigenvalue weighted by Gasteiger charge is -2.28. The molecule has 0 fully saturated rings. The van der Waals surface area contributed by atoms with Crippen molar-refractivity contribution in [3.05, 3.63) is 36.4 Å². The standard InChI is InChI=1S/C62H102O4S5Si/c1-9-17-39-67-58-46-52-51(45-57(58)63-38-36-34-32-30-28-26-24-22-23-25-27-29-31-33-35-37-44-72(64-14-6,65-15-7)66-16-8)53-47-59(68-40-18-10-2)61(70-42-20-12-4)49-55(53)56-50-62(71-43-21-13-5)60(48-54(52)56)69-41-19-11-3/h45-50H,9-44H2,1-8H3. The van der Waals surface area contributed by atoms with E-state index in [4.69, 9.17) is 18.0 Å². The Balaban J connectivity index is 1.38. The average molecular weight is 1100 g/mol. The van der Waals surface area contributed by atoms with Crippen molar-refractivity contribution in [2.45, 2.75) is 253 Å². The van der Waals surface area contributed by atoms with E-state index in [1.54, 1.807) is 0 Å². The summed E-state index contributed by atoms with van der Waals surface area (Å²) in [7, 11) is -2.47. The molecular weight excluding hydrogens is 997 g/mol. The van der Waals surface area contributed by atoms with Gasteiger partial charge in [-0.25, -0.2) is 0 Å². The van der Waals surface area contributed by atoms with Crippen LogP contribution in [0, 0.1) is 0 Å². The Hall–Kier alpha value is -0.693. The summed E-state index contributed by atoms with van der Waals surface area (Å²) in [5.74, 6) is 6.92. The fourth-order valence-electron chi connectivity index (χ4n) is 9.43. The van der Waals surface area contributed by atoms with E-state index in [9.17, 15) is 0 Å². The van der Waals surface area contributed by atoms with E-state index in [1.165, 1.54) is 234 Å². The molecule has 4 rings (SSSR count). The molecule has 0 aliphatic rings. The number of hydrogen-bond donors (Lipinski definition) is 0. The summed E-state index contributed by atoms with van der Waals surface area (Å²) in [4.78, 5) is 7.19. The second kappa shape index (κ2) is 39.6. The summed E-state index contributed by atoms with van der Waals surface area (Å²) >= 11 is 10.3. The molecule has 0 N–H and O–H groups in total. The first-order valence-electron chi connectivity index (χ1n) is 29.7. The molecule has 4 nitrogen and oxygen atoms in total. The number of rotatable bonds is 46. The van der Waals surface area contributed by atoms with Crippen LogP contribution in [0.5, 0.6) is 5.75 Å². The fraction of sp³-hybridized carbons (Fsp3) is 0.710. The first-order chi connectivity index (χ1) is 35.4. The van der Waals surface area contributed by atoms with Crippen molar-refractivity contribution in [3.63, 3.8) is 0 Å². The van der Waals surface area contributed by atoms with Gasteiger partial charge >= 0.3 is 8.80 Å². The minimum absolute atomic E-state index is 0.671. The van der Waals surface area contributed by atoms with Gasteiger partial charge in [0.05, 0.1) is 11.5 Å². The third-order valence-electron chi connectivity index (χ3n) is 13.6. The molecule has 72 heavy (non-hydrogen) atoms. The van der Waals surface area contributed by atoms with Crippen LogP contribution < -0.4 is 4.74 Å². The van der Waals surface area contributed by atoms with E-state index in [-0.39, 0.29) is 0 Å². The number of benzene rings is 4. The van der Waals surface area contributed by atoms with Crippen LogP contribution >= 0.6 is 58.8 Å². The summed E-state index contributed by atoms with van der Waals surface area (Å²) in [5, 5.41) is 8.40. The highest BCUT2D eigenvalue weighted by Gasteiger charge is 2.39. The van der Waals surface area contributed by atoms with Crippen molar-refractivity contribution in [2.75, 3.05) is 55.2 Å². The van der Waals surface area contributed by atoms with Crippen molar-refractivity contribution in [3.8, 4) is 5.75 Å². The Bertz CT molecular complexity index is 1980. The van der Waals surface area contributed by atoms with E-state index in [2.05, 4.69) is 118 Å². The molecule has 0 atom stereocenters. The Morgan fingerprint density at radius 3 is 0.875 bits per heavy atom. The molecule has 0 spiro atoms. The third kappa shape index (κ3) is 22.7. The largest absolute Gasteiger partial charge is 0.500 e. The van der Waals surface area contributed by atoms with Gasteiger partial charge < -0.3 is 18.0 Å². The summed E-state index contributed by atoms with van der Waals surface area (Å²) in [6.07, 6.45) is 33.6. The first kappa shape index (κ1) is 63.8. The normalized spacial score (nSPS) is 12.1. The Kier molecular flexibility index (Phi) is 35.1. The van der Waals surface area contributed by atoms with Crippen molar-refractivity contribution >= 4 is 99.9 Å². The maximum Gasteiger partial charge on any atom is 0.500 e. The maximum atomic E-state index is 6.91. The van der Waals surface area contributed by atoms with Crippen LogP contribution in [-0.2, 0) is 13.3 Å². The highest BCUT2D eigenvalue weighted by molar-refractivity contribution is 8.02. The van der Waals surface area contributed by atoms with Gasteiger partial charge in [0.25, 0.3) is 0 Å². The monoisotopic (exact) mass is 1100 g/mol. The number of hydrogen-bond acceptors (Lipinski definition) is 9. The molecule has 0 aliphatic heterocycles. The zero-order valence-corrected chi connectivity index (χ0v) is 52.2. The molecule has 0 unspecified atom stereocenters. The van der Waals surface area contributed by atoms with E-state index in [0.717, 1.165) is 37.0 Å². The summed E-state index contributed by atoms with van der Waals surface area (Å²) in [6, 6.07) is 16.3. The molecule has 0 bridgehead atoms. The third-order valence-corrected chi connectivity index (χ3v) is 22.7. The molecule has 0 saturated heterocycles. The van der Waals surface area contributed by atoms with Gasteiger partial charge in [-0.2, -0.15) is 0 Å². The van der Waals surface area contributed by atoms with Gasteiger partial charge in [-0.3, -0.25) is 0 Å². The molecule has 0 radical (unpaired) electrons. The topological polar surface area (TPSA) is 36.9 Å². The highest BCUT2D eigenvalue weighted by atomic mass is 32.2. The molecule has 0 amide bonds. The van der Waals surface area contributed by atoms with Gasteiger partial charge in [0.1, 0.15) is 5.75 Å². The lowest BCUT2D eigenvalue weighted by atomic mass is 9.94. The van der Waals surface area contributed by atoms with Crippen molar-refractivity contribution in [1.29, 1.82) is 0 Å². The minimum atomic E-state index is -2.47. The second-order valence-electron chi connectivity index (χ2n) is 19.8. The van der Waals surface area contributed by atoms with Gasteiger partial charge in [0.15, 0.2) is 0 Å². The zero-order valence-electron chi connectivity index (χ0n) is 47.1. The summed E-state index contributed by atoms with van der Waals surface area (Å²) < 4.78 is 25.0. The quantitative estimate of drug-likeness (QED) is 0.0186. The molecular formula is C62H102O4S5Si. The molecule has 0 aromatic heterocycles. The number of unbranched alkanes of at least 4 members (excludes halogenated alkanes) is 20. The number of thioether (sulfide) groups is 5. The van der Waals surface area contributed by atoms with Gasteiger partial charge in [0, 0.05) is 45.4 Å². The van der Waals surface area contributed by atoms with E-state index < -0.39 is 8.80 Å². The number of ether oxygens (including phenoxy) is 1. The van der Waals surface area contributed by atoms with Gasteiger partial charge in [-0.1, -0.05) is 157 Å². The molecule has 0 aliphatic carbocycles. The predicted octanol–water partition coefficient (Wildman–Crippen LogP) is 22.3. The van der Waals surface area contributed by atoms with E-state index in [0.29, 0.717) is 19.8 Å². The van der Waals surface area contributed by atoms with Crippen LogP contribution in [0.25, 0.3) is 32.3 Å². The van der Waals surface area contributed by atoms with Crippen molar-refractivity contribution in [2.24, 2.45) is 0 Å². The Morgan fingerprint density at radius 1 is 0.306 bits per heavy atom. The van der Waals surface area contributed by atoms with Gasteiger partial charge in [-0.15, -0.1) is 58.8 Å². The number of fused-ring (bicyclic) bond motifs is 6. The van der Waals surface area contributed by atoms with Gasteiger partial charge in [0.2, 0.25) is 0 Å². The van der Waals surface area contributed by atoms with Gasteiger partial charge in [-0.05, 0) is 163 Å². The zero-order chi connectivity index (χ0) is 51.5. The Labute approximate surface area is 464 Å². The minimum Gasteiger partial charge on any atom is -0.492 e. The highest BCUT2D eigenvalue weighted by Crippen LogP contribution is 2.47. The van der Waals surface area contributed by atoms with Crippen molar-refractivity contribution < 1.29 is 18.0 Å². The van der Waals surface area contributed by atoms with Crippen LogP contribution in [0.4, 0.5) is 0 Å². The lowest BCUT2D eigenvalue weighted by molar-refractivity contribution is 0.0706. The van der Waals surface area contributed by atoms with E-state index in [1.807, 2.05) is 32.5 Å². The SMILES string of the molecule is CCCCSc1cc2c(cc1OCCCCCCCCCCCCCCCCCC[Si](OCC)(OCC)OCC)c1cc(SCCCC)c(SCCCC)cc1c1cc(SCCCC)c(SCCCC)cc21. The Morgan fingerprint density at radius 2 is 0.569 bits per heavy atom. The van der Waals surface area contributed by atoms with Crippen LogP contribution in [0.1, 0.15) is 222 Å². The predicted molar refractivity (Wildman–Crippen MR) is 332 cm³/mol. The van der Waals surface area contributed by atoms with E-state index >= 15 is 0 Å². The second-order valence-corrected chi connectivity index (χ2v) is 28.2. The van der Waals surface area contributed by atoms with Crippen LogP contribution in [0.3, 0.4) is 0 Å². The summed E-state index contributed by atoms with van der Waals surface area (Å²) in [5.41, 5.74) is 0. The molecule has 408 valence electrons.